The van der Waals surface area contributed by atoms with E-state index in [4.69, 9.17) is 0 Å². The fraction of sp³-hybridized carbons (Fsp3) is 0. The first-order chi connectivity index (χ1) is 31.3. The molecule has 0 radical (unpaired) electrons. The van der Waals surface area contributed by atoms with Gasteiger partial charge in [-0.25, -0.2) is 0 Å². The van der Waals surface area contributed by atoms with Gasteiger partial charge in [-0.05, 0) is 85.5 Å². The molecule has 2 aromatic heterocycles. The largest absolute Gasteiger partial charge is 0.309 e. The highest BCUT2D eigenvalue weighted by Gasteiger charge is 2.41. The predicted octanol–water partition coefficient (Wildman–Crippen LogP) is 12.6. The lowest BCUT2D eigenvalue weighted by Crippen LogP contribution is -2.74. The molecule has 10 aromatic carbocycles. The Balaban J connectivity index is 1.14. The van der Waals surface area contributed by atoms with Crippen molar-refractivity contribution in [3.8, 4) is 33.6 Å². The summed E-state index contributed by atoms with van der Waals surface area (Å²) in [7, 11) is -2.81. The van der Waals surface area contributed by atoms with Crippen LogP contribution in [-0.2, 0) is 0 Å². The van der Waals surface area contributed by atoms with E-state index in [9.17, 15) is 0 Å². The maximum atomic E-state index is 2.55. The molecule has 0 amide bonds. The van der Waals surface area contributed by atoms with E-state index in [0.717, 1.165) is 11.4 Å². The van der Waals surface area contributed by atoms with Crippen LogP contribution >= 0.6 is 0 Å². The molecule has 0 unspecified atom stereocenters. The third-order valence-corrected chi connectivity index (χ3v) is 17.9. The third kappa shape index (κ3) is 5.93. The van der Waals surface area contributed by atoms with E-state index in [2.05, 4.69) is 264 Å². The monoisotopic (exact) mass is 818 g/mol. The molecule has 0 N–H and O–H groups in total. The molecule has 0 aliphatic heterocycles. The summed E-state index contributed by atoms with van der Waals surface area (Å²) in [5, 5.41) is 10.4. The zero-order chi connectivity index (χ0) is 41.7. The van der Waals surface area contributed by atoms with Crippen molar-refractivity contribution >= 4 is 72.4 Å². The molecule has 2 heterocycles. The zero-order valence-corrected chi connectivity index (χ0v) is 35.6. The molecule has 0 aliphatic carbocycles. The predicted molar refractivity (Wildman–Crippen MR) is 270 cm³/mol. The molecule has 2 nitrogen and oxygen atoms in total. The van der Waals surface area contributed by atoms with Gasteiger partial charge in [0.25, 0.3) is 0 Å². The van der Waals surface area contributed by atoms with Gasteiger partial charge in [0.2, 0.25) is 0 Å². The first-order valence-corrected chi connectivity index (χ1v) is 23.8. The molecule has 3 heteroatoms. The van der Waals surface area contributed by atoms with Crippen LogP contribution in [0.1, 0.15) is 0 Å². The number of para-hydroxylation sites is 1. The molecule has 0 spiro atoms. The van der Waals surface area contributed by atoms with E-state index < -0.39 is 8.07 Å². The van der Waals surface area contributed by atoms with Gasteiger partial charge in [-0.2, -0.15) is 0 Å². The Morgan fingerprint density at radius 3 is 1.37 bits per heavy atom. The maximum absolute atomic E-state index is 2.81. The Labute approximate surface area is 368 Å². The maximum Gasteiger partial charge on any atom is 0.179 e. The van der Waals surface area contributed by atoms with E-state index in [1.54, 1.807) is 0 Å². The normalized spacial score (nSPS) is 11.8. The topological polar surface area (TPSA) is 9.86 Å². The molecule has 0 bridgehead atoms. The number of hydrogen-bond acceptors (Lipinski definition) is 0. The Bertz CT molecular complexity index is 3480. The molecule has 0 atom stereocenters. The van der Waals surface area contributed by atoms with Gasteiger partial charge < -0.3 is 9.13 Å². The van der Waals surface area contributed by atoms with Crippen LogP contribution in [0.25, 0.3) is 77.2 Å². The van der Waals surface area contributed by atoms with E-state index in [1.165, 1.54) is 86.6 Å². The highest BCUT2D eigenvalue weighted by molar-refractivity contribution is 7.20. The molecule has 296 valence electrons. The van der Waals surface area contributed by atoms with Gasteiger partial charge in [0.05, 0.1) is 22.1 Å². The smallest absolute Gasteiger partial charge is 0.179 e. The fourth-order valence-corrected chi connectivity index (χ4v) is 15.1. The Hall–Kier alpha value is -7.98. The van der Waals surface area contributed by atoms with Crippen LogP contribution in [-0.4, -0.2) is 17.2 Å². The lowest BCUT2D eigenvalue weighted by Gasteiger charge is -2.34. The Kier molecular flexibility index (Phi) is 8.87. The van der Waals surface area contributed by atoms with E-state index in [-0.39, 0.29) is 0 Å². The molecule has 0 saturated carbocycles. The average molecular weight is 819 g/mol. The molecule has 0 aliphatic rings. The van der Waals surface area contributed by atoms with Gasteiger partial charge in [-0.1, -0.05) is 212 Å². The third-order valence-electron chi connectivity index (χ3n) is 13.1. The molecule has 0 saturated heterocycles. The van der Waals surface area contributed by atoms with Gasteiger partial charge in [0.1, 0.15) is 0 Å². The summed E-state index contributed by atoms with van der Waals surface area (Å²) in [6.45, 7) is 0. The van der Waals surface area contributed by atoms with Crippen molar-refractivity contribution in [1.82, 2.24) is 9.13 Å². The van der Waals surface area contributed by atoms with E-state index in [0.29, 0.717) is 0 Å². The highest BCUT2D eigenvalue weighted by atomic mass is 28.3. The van der Waals surface area contributed by atoms with Crippen LogP contribution < -0.4 is 20.7 Å². The highest BCUT2D eigenvalue weighted by Crippen LogP contribution is 2.40. The van der Waals surface area contributed by atoms with E-state index in [1.807, 2.05) is 0 Å². The number of aromatic nitrogens is 2. The standard InChI is InChI=1S/C60H42N2Si/c1-6-19-43(20-7-1)44-33-35-46(36-34-44)61-56-31-17-16-29-53(56)54-39-37-47(41-59(54)61)62-57-40-38-51(42-55(57)60-52(30-18-32-58(60)62)45-21-8-2-9-22-45)63(48-23-10-3-11-24-48,49-25-12-4-13-26-49)50-27-14-5-15-28-50/h1-42H. The summed E-state index contributed by atoms with van der Waals surface area (Å²) in [4.78, 5) is 0. The molecule has 0 fully saturated rings. The van der Waals surface area contributed by atoms with Gasteiger partial charge in [-0.3, -0.25) is 0 Å². The van der Waals surface area contributed by atoms with Crippen molar-refractivity contribution in [2.75, 3.05) is 0 Å². The minimum atomic E-state index is -2.81. The van der Waals surface area contributed by atoms with Gasteiger partial charge in [-0.15, -0.1) is 0 Å². The summed E-state index contributed by atoms with van der Waals surface area (Å²) in [5.41, 5.74) is 11.9. The van der Waals surface area contributed by atoms with Crippen molar-refractivity contribution in [2.45, 2.75) is 0 Å². The first-order valence-electron chi connectivity index (χ1n) is 21.8. The quantitative estimate of drug-likeness (QED) is 0.107. The summed E-state index contributed by atoms with van der Waals surface area (Å²) in [5.74, 6) is 0. The van der Waals surface area contributed by atoms with Gasteiger partial charge in [0, 0.05) is 32.9 Å². The van der Waals surface area contributed by atoms with Crippen molar-refractivity contribution in [3.63, 3.8) is 0 Å². The number of fused-ring (bicyclic) bond motifs is 6. The Morgan fingerprint density at radius 1 is 0.254 bits per heavy atom. The minimum absolute atomic E-state index is 1.13. The minimum Gasteiger partial charge on any atom is -0.309 e. The average Bonchev–Trinajstić information content (AvgIpc) is 3.88. The number of hydrogen-bond donors (Lipinski definition) is 0. The summed E-state index contributed by atoms with van der Waals surface area (Å²) in [6.07, 6.45) is 0. The number of benzene rings is 10. The van der Waals surface area contributed by atoms with Crippen LogP contribution in [0.4, 0.5) is 0 Å². The Morgan fingerprint density at radius 2 is 0.730 bits per heavy atom. The van der Waals surface area contributed by atoms with Gasteiger partial charge in [0.15, 0.2) is 8.07 Å². The fourth-order valence-electron chi connectivity index (χ4n) is 10.3. The molecular formula is C60H42N2Si. The molecule has 63 heavy (non-hydrogen) atoms. The van der Waals surface area contributed by atoms with Crippen LogP contribution in [0.15, 0.2) is 255 Å². The lowest BCUT2D eigenvalue weighted by atomic mass is 9.99. The second-order valence-corrected chi connectivity index (χ2v) is 20.3. The van der Waals surface area contributed by atoms with Crippen LogP contribution in [0.5, 0.6) is 0 Å². The second-order valence-electron chi connectivity index (χ2n) is 16.4. The van der Waals surface area contributed by atoms with Crippen molar-refractivity contribution in [2.24, 2.45) is 0 Å². The van der Waals surface area contributed by atoms with Crippen molar-refractivity contribution < 1.29 is 0 Å². The lowest BCUT2D eigenvalue weighted by molar-refractivity contribution is 1.15. The SMILES string of the molecule is c1ccc(-c2ccc(-n3c4ccccc4c4ccc(-n5c6ccc([Si](c7ccccc7)(c7ccccc7)c7ccccc7)cc6c6c(-c7ccccc7)cccc65)cc43)cc2)cc1. The molecule has 12 rings (SSSR count). The molecular weight excluding hydrogens is 777 g/mol. The van der Waals surface area contributed by atoms with Gasteiger partial charge >= 0.3 is 0 Å². The zero-order valence-electron chi connectivity index (χ0n) is 34.6. The van der Waals surface area contributed by atoms with E-state index >= 15 is 0 Å². The summed E-state index contributed by atoms with van der Waals surface area (Å²) >= 11 is 0. The second kappa shape index (κ2) is 15.2. The van der Waals surface area contributed by atoms with Crippen molar-refractivity contribution in [1.29, 1.82) is 0 Å². The first kappa shape index (κ1) is 36.8. The summed E-state index contributed by atoms with van der Waals surface area (Å²) < 4.78 is 4.93. The number of rotatable bonds is 8. The number of nitrogens with zero attached hydrogens (tertiary/aromatic N) is 2. The molecule has 12 aromatic rings. The van der Waals surface area contributed by atoms with Crippen LogP contribution in [0.3, 0.4) is 0 Å². The summed E-state index contributed by atoms with van der Waals surface area (Å²) in [6, 6.07) is 94.3. The van der Waals surface area contributed by atoms with Crippen molar-refractivity contribution in [3.05, 3.63) is 255 Å². The van der Waals surface area contributed by atoms with Crippen LogP contribution in [0.2, 0.25) is 0 Å². The van der Waals surface area contributed by atoms with Crippen LogP contribution in [0, 0.1) is 0 Å².